The van der Waals surface area contributed by atoms with Gasteiger partial charge in [-0.25, -0.2) is 0 Å². The average Bonchev–Trinajstić information content (AvgIpc) is 3.19. The summed E-state index contributed by atoms with van der Waals surface area (Å²) < 4.78 is 1.25. The minimum Gasteiger partial charge on any atom is -0.309 e. The molecule has 3 aliphatic rings. The van der Waals surface area contributed by atoms with Crippen LogP contribution >= 0.6 is 27.3 Å². The van der Waals surface area contributed by atoms with Gasteiger partial charge in [-0.3, -0.25) is 4.90 Å². The number of piperidine rings is 1. The molecule has 3 fully saturated rings. The van der Waals surface area contributed by atoms with Gasteiger partial charge in [-0.1, -0.05) is 6.42 Å². The van der Waals surface area contributed by atoms with Crippen LogP contribution in [0.25, 0.3) is 0 Å². The summed E-state index contributed by atoms with van der Waals surface area (Å²) in [6.07, 6.45) is 7.24. The number of halogens is 1. The summed E-state index contributed by atoms with van der Waals surface area (Å²) in [5, 5.41) is 6.16. The van der Waals surface area contributed by atoms with Crippen molar-refractivity contribution in [3.63, 3.8) is 0 Å². The number of thiophene rings is 1. The average molecular weight is 355 g/mol. The van der Waals surface area contributed by atoms with Gasteiger partial charge < -0.3 is 5.32 Å². The van der Waals surface area contributed by atoms with Crippen LogP contribution in [0, 0.1) is 11.8 Å². The molecule has 1 aliphatic heterocycles. The van der Waals surface area contributed by atoms with Crippen LogP contribution in [0.3, 0.4) is 0 Å². The van der Waals surface area contributed by atoms with Crippen LogP contribution in [0.15, 0.2) is 15.2 Å². The lowest BCUT2D eigenvalue weighted by Crippen LogP contribution is -2.57. The van der Waals surface area contributed by atoms with Crippen LogP contribution in [-0.4, -0.2) is 30.1 Å². The Bertz CT molecular complexity index is 457. The summed E-state index contributed by atoms with van der Waals surface area (Å²) >= 11 is 5.35. The first kappa shape index (κ1) is 13.7. The standard InChI is InChI=1S/C16H23BrN2S/c17-15-6-11(10-20-15)7-18-16-12-2-1-3-13(16)9-19(8-12)14-4-5-14/h6,10,12-14,16,18H,1-5,7-9H2. The van der Waals surface area contributed by atoms with E-state index in [9.17, 15) is 0 Å². The third kappa shape index (κ3) is 2.85. The first-order chi connectivity index (χ1) is 9.79. The first-order valence-electron chi connectivity index (χ1n) is 8.00. The maximum Gasteiger partial charge on any atom is 0.0701 e. The van der Waals surface area contributed by atoms with Crippen molar-refractivity contribution in [2.75, 3.05) is 13.1 Å². The molecule has 4 rings (SSSR count). The van der Waals surface area contributed by atoms with E-state index in [1.54, 1.807) is 11.3 Å². The van der Waals surface area contributed by atoms with Crippen LogP contribution in [0.5, 0.6) is 0 Å². The number of hydrogen-bond acceptors (Lipinski definition) is 3. The number of nitrogens with one attached hydrogen (secondary N) is 1. The Morgan fingerprint density at radius 3 is 2.55 bits per heavy atom. The number of fused-ring (bicyclic) bond motifs is 2. The van der Waals surface area contributed by atoms with Crippen LogP contribution in [-0.2, 0) is 6.54 Å². The van der Waals surface area contributed by atoms with Crippen molar-refractivity contribution in [3.8, 4) is 0 Å². The molecule has 2 atom stereocenters. The summed E-state index contributed by atoms with van der Waals surface area (Å²) in [5.74, 6) is 1.79. The summed E-state index contributed by atoms with van der Waals surface area (Å²) in [6.45, 7) is 3.75. The highest BCUT2D eigenvalue weighted by Gasteiger charge is 2.43. The molecule has 0 radical (unpaired) electrons. The van der Waals surface area contributed by atoms with Crippen molar-refractivity contribution in [3.05, 3.63) is 20.8 Å². The molecule has 110 valence electrons. The Hall–Kier alpha value is 0.1000. The molecule has 2 unspecified atom stereocenters. The molecule has 20 heavy (non-hydrogen) atoms. The molecule has 0 amide bonds. The van der Waals surface area contributed by atoms with E-state index in [0.29, 0.717) is 0 Å². The predicted octanol–water partition coefficient (Wildman–Crippen LogP) is 3.86. The summed E-state index contributed by atoms with van der Waals surface area (Å²) in [5.41, 5.74) is 1.43. The van der Waals surface area contributed by atoms with E-state index < -0.39 is 0 Å². The fraction of sp³-hybridized carbons (Fsp3) is 0.750. The zero-order valence-electron chi connectivity index (χ0n) is 11.9. The van der Waals surface area contributed by atoms with Gasteiger partial charge >= 0.3 is 0 Å². The Morgan fingerprint density at radius 1 is 1.20 bits per heavy atom. The molecule has 2 heterocycles. The van der Waals surface area contributed by atoms with Crippen molar-refractivity contribution in [2.24, 2.45) is 11.8 Å². The minimum atomic E-state index is 0.762. The summed E-state index contributed by atoms with van der Waals surface area (Å²) in [4.78, 5) is 2.80. The smallest absolute Gasteiger partial charge is 0.0701 e. The molecule has 4 heteroatoms. The molecular formula is C16H23BrN2S. The zero-order valence-corrected chi connectivity index (χ0v) is 14.3. The van der Waals surface area contributed by atoms with Crippen LogP contribution in [0.2, 0.25) is 0 Å². The van der Waals surface area contributed by atoms with E-state index in [1.807, 2.05) is 0 Å². The van der Waals surface area contributed by atoms with Crippen molar-refractivity contribution >= 4 is 27.3 Å². The van der Waals surface area contributed by atoms with Crippen LogP contribution < -0.4 is 5.32 Å². The maximum absolute atomic E-state index is 3.89. The highest BCUT2D eigenvalue weighted by molar-refractivity contribution is 9.11. The van der Waals surface area contributed by atoms with Crippen molar-refractivity contribution in [2.45, 2.75) is 50.7 Å². The maximum atomic E-state index is 3.89. The Morgan fingerprint density at radius 2 is 1.95 bits per heavy atom. The number of nitrogens with zero attached hydrogens (tertiary/aromatic N) is 1. The van der Waals surface area contributed by atoms with Gasteiger partial charge in [0.1, 0.15) is 0 Å². The third-order valence-electron chi connectivity index (χ3n) is 5.33. The van der Waals surface area contributed by atoms with Crippen molar-refractivity contribution in [1.82, 2.24) is 10.2 Å². The molecule has 1 N–H and O–H groups in total. The lowest BCUT2D eigenvalue weighted by molar-refractivity contribution is 0.0413. The molecule has 2 aliphatic carbocycles. The monoisotopic (exact) mass is 354 g/mol. The highest BCUT2D eigenvalue weighted by Crippen LogP contribution is 2.39. The molecule has 2 saturated carbocycles. The molecular weight excluding hydrogens is 332 g/mol. The summed E-state index contributed by atoms with van der Waals surface area (Å²) in [6, 6.07) is 3.97. The van der Waals surface area contributed by atoms with Gasteiger partial charge in [0.2, 0.25) is 0 Å². The van der Waals surface area contributed by atoms with E-state index in [1.165, 1.54) is 54.5 Å². The fourth-order valence-electron chi connectivity index (χ4n) is 4.22. The quantitative estimate of drug-likeness (QED) is 0.882. The Labute approximate surface area is 134 Å². The van der Waals surface area contributed by atoms with Gasteiger partial charge in [0, 0.05) is 31.7 Å². The fourth-order valence-corrected chi connectivity index (χ4v) is 5.43. The topological polar surface area (TPSA) is 15.3 Å². The second-order valence-electron chi connectivity index (χ2n) is 6.80. The number of rotatable bonds is 4. The van der Waals surface area contributed by atoms with E-state index in [0.717, 1.165) is 30.5 Å². The summed E-state index contributed by atoms with van der Waals surface area (Å²) in [7, 11) is 0. The number of hydrogen-bond donors (Lipinski definition) is 1. The van der Waals surface area contributed by atoms with E-state index >= 15 is 0 Å². The predicted molar refractivity (Wildman–Crippen MR) is 88.1 cm³/mol. The Balaban J connectivity index is 1.39. The SMILES string of the molecule is Brc1cc(CNC2C3CCCC2CN(C2CC2)C3)cs1. The zero-order chi connectivity index (χ0) is 13.5. The van der Waals surface area contributed by atoms with E-state index in [2.05, 4.69) is 37.6 Å². The van der Waals surface area contributed by atoms with Crippen molar-refractivity contribution in [1.29, 1.82) is 0 Å². The Kier molecular flexibility index (Phi) is 3.92. The van der Waals surface area contributed by atoms with Gasteiger partial charge in [-0.05, 0) is 70.5 Å². The highest BCUT2D eigenvalue weighted by atomic mass is 79.9. The minimum absolute atomic E-state index is 0.762. The molecule has 2 nitrogen and oxygen atoms in total. The molecule has 1 aromatic rings. The molecule has 0 aromatic carbocycles. The normalized spacial score (nSPS) is 34.4. The molecule has 1 saturated heterocycles. The van der Waals surface area contributed by atoms with E-state index in [4.69, 9.17) is 0 Å². The third-order valence-corrected chi connectivity index (χ3v) is 6.88. The van der Waals surface area contributed by atoms with E-state index in [-0.39, 0.29) is 0 Å². The van der Waals surface area contributed by atoms with Gasteiger partial charge in [-0.2, -0.15) is 0 Å². The molecule has 2 bridgehead atoms. The van der Waals surface area contributed by atoms with Crippen LogP contribution in [0.4, 0.5) is 0 Å². The lowest BCUT2D eigenvalue weighted by Gasteiger charge is -2.48. The van der Waals surface area contributed by atoms with Crippen LogP contribution in [0.1, 0.15) is 37.7 Å². The largest absolute Gasteiger partial charge is 0.309 e. The van der Waals surface area contributed by atoms with Gasteiger partial charge in [0.25, 0.3) is 0 Å². The van der Waals surface area contributed by atoms with Gasteiger partial charge in [-0.15, -0.1) is 11.3 Å². The molecule has 0 spiro atoms. The second kappa shape index (κ2) is 5.71. The lowest BCUT2D eigenvalue weighted by atomic mass is 9.73. The van der Waals surface area contributed by atoms with Crippen molar-refractivity contribution < 1.29 is 0 Å². The van der Waals surface area contributed by atoms with Gasteiger partial charge in [0.05, 0.1) is 3.79 Å². The van der Waals surface area contributed by atoms with Gasteiger partial charge in [0.15, 0.2) is 0 Å². The molecule has 1 aromatic heterocycles. The second-order valence-corrected chi connectivity index (χ2v) is 9.09. The number of likely N-dealkylation sites (tertiary alicyclic amines) is 1. The first-order valence-corrected chi connectivity index (χ1v) is 9.67.